The molecule has 0 aliphatic carbocycles. The fourth-order valence-electron chi connectivity index (χ4n) is 3.05. The number of anilines is 1. The van der Waals surface area contributed by atoms with Crippen LogP contribution in [0.3, 0.4) is 0 Å². The maximum Gasteiger partial charge on any atom is 0.258 e. The molecule has 3 aromatic heterocycles. The number of hydrogen-bond acceptors (Lipinski definition) is 5. The highest BCUT2D eigenvalue weighted by Gasteiger charge is 2.18. The first-order valence-electron chi connectivity index (χ1n) is 8.71. The number of fused-ring (bicyclic) bond motifs is 3. The molecule has 1 N–H and O–H groups in total. The second kappa shape index (κ2) is 6.27. The lowest BCUT2D eigenvalue weighted by atomic mass is 10.2. The summed E-state index contributed by atoms with van der Waals surface area (Å²) < 4.78 is 3.21. The Labute approximate surface area is 159 Å². The molecule has 8 heteroatoms. The van der Waals surface area contributed by atoms with Gasteiger partial charge >= 0.3 is 0 Å². The van der Waals surface area contributed by atoms with Gasteiger partial charge in [0, 0.05) is 24.4 Å². The van der Waals surface area contributed by atoms with Crippen LogP contribution in [0.1, 0.15) is 10.4 Å². The lowest BCUT2D eigenvalue weighted by molar-refractivity contribution is 0.102. The summed E-state index contributed by atoms with van der Waals surface area (Å²) in [5, 5.41) is 12.5. The second-order valence-electron chi connectivity index (χ2n) is 6.33. The molecule has 0 saturated heterocycles. The molecule has 0 radical (unpaired) electrons. The molecular formula is C20H15N7O. The largest absolute Gasteiger partial charge is 0.290 e. The third-order valence-corrected chi connectivity index (χ3v) is 4.36. The summed E-state index contributed by atoms with van der Waals surface area (Å²) in [7, 11) is 1.81. The van der Waals surface area contributed by atoms with Crippen molar-refractivity contribution in [2.24, 2.45) is 7.05 Å². The van der Waals surface area contributed by atoms with E-state index in [1.54, 1.807) is 21.3 Å². The van der Waals surface area contributed by atoms with Gasteiger partial charge in [0.1, 0.15) is 0 Å². The van der Waals surface area contributed by atoms with E-state index >= 15 is 0 Å². The van der Waals surface area contributed by atoms with Gasteiger partial charge in [0.05, 0.1) is 5.39 Å². The van der Waals surface area contributed by atoms with E-state index in [4.69, 9.17) is 0 Å². The molecule has 2 aromatic carbocycles. The summed E-state index contributed by atoms with van der Waals surface area (Å²) in [6.07, 6.45) is 1.84. The standard InChI is InChI=1S/C20H15N7O/c1-26-12-15-17(24-26)22-20(23-19(28)14-10-6-3-7-11-14)27-18(15)21-16(25-27)13-8-4-2-5-9-13/h2-12H,1H3,(H,22,23,24,28). The monoisotopic (exact) mass is 369 g/mol. The van der Waals surface area contributed by atoms with Crippen molar-refractivity contribution < 1.29 is 4.79 Å². The number of aryl methyl sites for hydroxylation is 1. The molecule has 28 heavy (non-hydrogen) atoms. The Kier molecular flexibility index (Phi) is 3.61. The first-order chi connectivity index (χ1) is 13.7. The summed E-state index contributed by atoms with van der Waals surface area (Å²) >= 11 is 0. The van der Waals surface area contributed by atoms with Crippen LogP contribution in [0.5, 0.6) is 0 Å². The average molecular weight is 369 g/mol. The minimum atomic E-state index is -0.276. The van der Waals surface area contributed by atoms with Crippen molar-refractivity contribution >= 4 is 28.5 Å². The van der Waals surface area contributed by atoms with E-state index in [0.717, 1.165) is 10.9 Å². The van der Waals surface area contributed by atoms with Crippen LogP contribution in [0, 0.1) is 0 Å². The van der Waals surface area contributed by atoms with Gasteiger partial charge in [0.25, 0.3) is 5.91 Å². The normalized spacial score (nSPS) is 11.2. The molecule has 5 aromatic rings. The summed E-state index contributed by atoms with van der Waals surface area (Å²) in [5.41, 5.74) is 2.48. The van der Waals surface area contributed by atoms with E-state index in [1.807, 2.05) is 61.8 Å². The van der Waals surface area contributed by atoms with Crippen molar-refractivity contribution in [2.45, 2.75) is 0 Å². The maximum atomic E-state index is 12.6. The zero-order chi connectivity index (χ0) is 19.1. The van der Waals surface area contributed by atoms with E-state index in [2.05, 4.69) is 25.5 Å². The Morgan fingerprint density at radius 3 is 2.39 bits per heavy atom. The molecule has 0 fully saturated rings. The topological polar surface area (TPSA) is 90.0 Å². The molecule has 0 saturated carbocycles. The molecule has 1 amide bonds. The highest BCUT2D eigenvalue weighted by atomic mass is 16.1. The fourth-order valence-corrected chi connectivity index (χ4v) is 3.05. The lowest BCUT2D eigenvalue weighted by Gasteiger charge is -2.06. The number of nitrogens with zero attached hydrogens (tertiary/aromatic N) is 6. The van der Waals surface area contributed by atoms with Crippen LogP contribution >= 0.6 is 0 Å². The van der Waals surface area contributed by atoms with Crippen molar-refractivity contribution in [1.82, 2.24) is 29.4 Å². The van der Waals surface area contributed by atoms with Crippen LogP contribution in [0.25, 0.3) is 28.1 Å². The fraction of sp³-hybridized carbons (Fsp3) is 0.0500. The molecular weight excluding hydrogens is 354 g/mol. The Bertz CT molecular complexity index is 1310. The van der Waals surface area contributed by atoms with Crippen molar-refractivity contribution in [3.05, 3.63) is 72.4 Å². The Morgan fingerprint density at radius 1 is 0.929 bits per heavy atom. The van der Waals surface area contributed by atoms with Gasteiger partial charge in [-0.2, -0.15) is 14.6 Å². The van der Waals surface area contributed by atoms with Gasteiger partial charge < -0.3 is 0 Å². The third-order valence-electron chi connectivity index (χ3n) is 4.36. The quantitative estimate of drug-likeness (QED) is 0.528. The first-order valence-corrected chi connectivity index (χ1v) is 8.71. The smallest absolute Gasteiger partial charge is 0.258 e. The predicted octanol–water partition coefficient (Wildman–Crippen LogP) is 2.93. The highest BCUT2D eigenvalue weighted by molar-refractivity contribution is 6.04. The maximum absolute atomic E-state index is 12.6. The molecule has 0 spiro atoms. The number of carbonyl (C=O) groups is 1. The highest BCUT2D eigenvalue weighted by Crippen LogP contribution is 2.23. The SMILES string of the molecule is Cn1cc2c(nc(NC(=O)c3ccccc3)n3nc(-c4ccccc4)nc23)n1. The molecule has 5 rings (SSSR count). The van der Waals surface area contributed by atoms with E-state index in [1.165, 1.54) is 0 Å². The number of hydrogen-bond donors (Lipinski definition) is 1. The van der Waals surface area contributed by atoms with Crippen molar-refractivity contribution in [3.8, 4) is 11.4 Å². The van der Waals surface area contributed by atoms with Crippen LogP contribution in [-0.4, -0.2) is 35.3 Å². The summed E-state index contributed by atoms with van der Waals surface area (Å²) in [6.45, 7) is 0. The number of benzene rings is 2. The van der Waals surface area contributed by atoms with E-state index in [9.17, 15) is 4.79 Å². The van der Waals surface area contributed by atoms with Gasteiger partial charge in [-0.3, -0.25) is 14.8 Å². The molecule has 0 atom stereocenters. The van der Waals surface area contributed by atoms with Crippen LogP contribution in [-0.2, 0) is 7.05 Å². The second-order valence-corrected chi connectivity index (χ2v) is 6.33. The Hall–Kier alpha value is -4.07. The number of aromatic nitrogens is 6. The zero-order valence-corrected chi connectivity index (χ0v) is 14.9. The third kappa shape index (κ3) is 2.67. The minimum absolute atomic E-state index is 0.268. The summed E-state index contributed by atoms with van der Waals surface area (Å²) in [4.78, 5) is 21.8. The van der Waals surface area contributed by atoms with Crippen LogP contribution in [0.4, 0.5) is 5.95 Å². The first kappa shape index (κ1) is 16.1. The number of rotatable bonds is 3. The Balaban J connectivity index is 1.68. The summed E-state index contributed by atoms with van der Waals surface area (Å²) in [5.74, 6) is 0.542. The van der Waals surface area contributed by atoms with Crippen LogP contribution < -0.4 is 5.32 Å². The van der Waals surface area contributed by atoms with E-state index in [0.29, 0.717) is 22.7 Å². The van der Waals surface area contributed by atoms with Gasteiger partial charge in [-0.05, 0) is 12.1 Å². The van der Waals surface area contributed by atoms with Gasteiger partial charge in [-0.15, -0.1) is 5.10 Å². The molecule has 0 aliphatic heterocycles. The van der Waals surface area contributed by atoms with Crippen LogP contribution in [0.2, 0.25) is 0 Å². The average Bonchev–Trinajstić information content (AvgIpc) is 3.33. The van der Waals surface area contributed by atoms with Gasteiger partial charge in [0.15, 0.2) is 17.1 Å². The molecule has 8 nitrogen and oxygen atoms in total. The number of carbonyl (C=O) groups excluding carboxylic acids is 1. The zero-order valence-electron chi connectivity index (χ0n) is 14.9. The number of nitrogens with one attached hydrogen (secondary N) is 1. The van der Waals surface area contributed by atoms with E-state index < -0.39 is 0 Å². The molecule has 0 unspecified atom stereocenters. The van der Waals surface area contributed by atoms with Crippen molar-refractivity contribution in [2.75, 3.05) is 5.32 Å². The van der Waals surface area contributed by atoms with Gasteiger partial charge in [-0.1, -0.05) is 48.5 Å². The molecule has 0 bridgehead atoms. The van der Waals surface area contributed by atoms with Crippen molar-refractivity contribution in [3.63, 3.8) is 0 Å². The minimum Gasteiger partial charge on any atom is -0.290 e. The predicted molar refractivity (Wildman–Crippen MR) is 105 cm³/mol. The van der Waals surface area contributed by atoms with Crippen LogP contribution in [0.15, 0.2) is 66.9 Å². The molecule has 3 heterocycles. The molecule has 136 valence electrons. The number of amides is 1. The Morgan fingerprint density at radius 2 is 1.64 bits per heavy atom. The summed E-state index contributed by atoms with van der Waals surface area (Å²) in [6, 6.07) is 18.6. The van der Waals surface area contributed by atoms with Gasteiger partial charge in [-0.25, -0.2) is 4.98 Å². The van der Waals surface area contributed by atoms with E-state index in [-0.39, 0.29) is 11.9 Å². The van der Waals surface area contributed by atoms with Crippen molar-refractivity contribution in [1.29, 1.82) is 0 Å². The molecule has 0 aliphatic rings. The van der Waals surface area contributed by atoms with Gasteiger partial charge in [0.2, 0.25) is 5.95 Å². The lowest BCUT2D eigenvalue weighted by Crippen LogP contribution is -2.16.